The maximum atomic E-state index is 12.9. The minimum absolute atomic E-state index is 0.00414. The van der Waals surface area contributed by atoms with Crippen molar-refractivity contribution in [2.75, 3.05) is 6.61 Å². The van der Waals surface area contributed by atoms with Gasteiger partial charge in [0.05, 0.1) is 0 Å². The molecule has 0 radical (unpaired) electrons. The van der Waals surface area contributed by atoms with E-state index in [1.165, 1.54) is 12.1 Å². The minimum Gasteiger partial charge on any atom is -0.483 e. The standard InChI is InChI=1S/C16H13ClFNO2/c17-13-3-6-15-12(7-13)9-19(16(20)10-21-15)8-11-1-4-14(18)5-2-11/h1-7H,8-10H2. The first-order valence-corrected chi connectivity index (χ1v) is 6.93. The van der Waals surface area contributed by atoms with Gasteiger partial charge in [0, 0.05) is 23.7 Å². The van der Waals surface area contributed by atoms with Crippen molar-refractivity contribution < 1.29 is 13.9 Å². The van der Waals surface area contributed by atoms with Crippen LogP contribution in [0.5, 0.6) is 5.75 Å². The molecule has 3 nitrogen and oxygen atoms in total. The number of amides is 1. The summed E-state index contributed by atoms with van der Waals surface area (Å²) < 4.78 is 18.4. The smallest absolute Gasteiger partial charge is 0.261 e. The monoisotopic (exact) mass is 305 g/mol. The second-order valence-corrected chi connectivity index (χ2v) is 5.35. The Kier molecular flexibility index (Phi) is 3.80. The summed E-state index contributed by atoms with van der Waals surface area (Å²) in [5.41, 5.74) is 1.74. The molecule has 0 bridgehead atoms. The Morgan fingerprint density at radius 3 is 2.71 bits per heavy atom. The zero-order valence-corrected chi connectivity index (χ0v) is 11.9. The third kappa shape index (κ3) is 3.16. The molecule has 1 amide bonds. The van der Waals surface area contributed by atoms with E-state index in [4.69, 9.17) is 16.3 Å². The lowest BCUT2D eigenvalue weighted by Crippen LogP contribution is -2.31. The largest absolute Gasteiger partial charge is 0.483 e. The van der Waals surface area contributed by atoms with Gasteiger partial charge in [-0.15, -0.1) is 0 Å². The summed E-state index contributed by atoms with van der Waals surface area (Å²) in [6.45, 7) is 0.830. The molecule has 2 aromatic carbocycles. The van der Waals surface area contributed by atoms with Crippen LogP contribution in [-0.4, -0.2) is 17.4 Å². The Labute approximate surface area is 126 Å². The van der Waals surface area contributed by atoms with Crippen LogP contribution in [0, 0.1) is 5.82 Å². The van der Waals surface area contributed by atoms with Crippen LogP contribution in [0.25, 0.3) is 0 Å². The zero-order valence-electron chi connectivity index (χ0n) is 11.2. The number of carbonyl (C=O) groups is 1. The molecule has 5 heteroatoms. The van der Waals surface area contributed by atoms with Crippen LogP contribution in [-0.2, 0) is 17.9 Å². The van der Waals surface area contributed by atoms with Crippen molar-refractivity contribution in [3.63, 3.8) is 0 Å². The number of hydrogen-bond donors (Lipinski definition) is 0. The van der Waals surface area contributed by atoms with Crippen LogP contribution in [0.15, 0.2) is 42.5 Å². The quantitative estimate of drug-likeness (QED) is 0.851. The molecular weight excluding hydrogens is 293 g/mol. The normalized spacial score (nSPS) is 14.4. The Morgan fingerprint density at radius 2 is 1.95 bits per heavy atom. The second-order valence-electron chi connectivity index (χ2n) is 4.92. The van der Waals surface area contributed by atoms with Gasteiger partial charge in [-0.3, -0.25) is 4.79 Å². The van der Waals surface area contributed by atoms with Gasteiger partial charge in [0.1, 0.15) is 11.6 Å². The van der Waals surface area contributed by atoms with E-state index in [9.17, 15) is 9.18 Å². The maximum absolute atomic E-state index is 12.9. The van der Waals surface area contributed by atoms with Gasteiger partial charge in [-0.05, 0) is 35.9 Å². The molecule has 0 N–H and O–H groups in total. The summed E-state index contributed by atoms with van der Waals surface area (Å²) in [6, 6.07) is 11.4. The van der Waals surface area contributed by atoms with E-state index in [1.54, 1.807) is 35.2 Å². The lowest BCUT2D eigenvalue weighted by molar-refractivity contribution is -0.133. The molecular formula is C16H13ClFNO2. The van der Waals surface area contributed by atoms with Crippen LogP contribution < -0.4 is 4.74 Å². The molecule has 1 heterocycles. The van der Waals surface area contributed by atoms with E-state index < -0.39 is 0 Å². The van der Waals surface area contributed by atoms with E-state index in [-0.39, 0.29) is 18.3 Å². The van der Waals surface area contributed by atoms with E-state index in [0.29, 0.717) is 23.9 Å². The molecule has 0 saturated heterocycles. The Hall–Kier alpha value is -2.07. The molecule has 0 saturated carbocycles. The van der Waals surface area contributed by atoms with Crippen LogP contribution in [0.4, 0.5) is 4.39 Å². The van der Waals surface area contributed by atoms with Crippen molar-refractivity contribution >= 4 is 17.5 Å². The predicted octanol–water partition coefficient (Wildman–Crippen LogP) is 3.40. The highest BCUT2D eigenvalue weighted by Gasteiger charge is 2.21. The third-order valence-corrected chi connectivity index (χ3v) is 3.61. The number of nitrogens with zero attached hydrogens (tertiary/aromatic N) is 1. The summed E-state index contributed by atoms with van der Waals surface area (Å²) in [7, 11) is 0. The van der Waals surface area contributed by atoms with Gasteiger partial charge < -0.3 is 9.64 Å². The number of hydrogen-bond acceptors (Lipinski definition) is 2. The maximum Gasteiger partial charge on any atom is 0.261 e. The number of ether oxygens (including phenoxy) is 1. The third-order valence-electron chi connectivity index (χ3n) is 3.37. The van der Waals surface area contributed by atoms with Crippen LogP contribution in [0.3, 0.4) is 0 Å². The van der Waals surface area contributed by atoms with Crippen molar-refractivity contribution in [1.29, 1.82) is 0 Å². The molecule has 21 heavy (non-hydrogen) atoms. The molecule has 0 atom stereocenters. The van der Waals surface area contributed by atoms with Gasteiger partial charge >= 0.3 is 0 Å². The predicted molar refractivity (Wildman–Crippen MR) is 77.6 cm³/mol. The number of fused-ring (bicyclic) bond motifs is 1. The van der Waals surface area contributed by atoms with Crippen molar-refractivity contribution in [2.45, 2.75) is 13.1 Å². The highest BCUT2D eigenvalue weighted by atomic mass is 35.5. The van der Waals surface area contributed by atoms with E-state index in [2.05, 4.69) is 0 Å². The van der Waals surface area contributed by atoms with Crippen molar-refractivity contribution in [2.24, 2.45) is 0 Å². The molecule has 0 unspecified atom stereocenters. The van der Waals surface area contributed by atoms with Crippen molar-refractivity contribution in [3.8, 4) is 5.75 Å². The van der Waals surface area contributed by atoms with Crippen molar-refractivity contribution in [3.05, 3.63) is 64.4 Å². The topological polar surface area (TPSA) is 29.5 Å². The van der Waals surface area contributed by atoms with Gasteiger partial charge in [-0.1, -0.05) is 23.7 Å². The van der Waals surface area contributed by atoms with Crippen molar-refractivity contribution in [1.82, 2.24) is 4.90 Å². The van der Waals surface area contributed by atoms with Crippen LogP contribution in [0.1, 0.15) is 11.1 Å². The highest BCUT2D eigenvalue weighted by Crippen LogP contribution is 2.27. The average Bonchev–Trinajstić information content (AvgIpc) is 2.61. The summed E-state index contributed by atoms with van der Waals surface area (Å²) in [5.74, 6) is 0.280. The van der Waals surface area contributed by atoms with Gasteiger partial charge in [-0.25, -0.2) is 4.39 Å². The zero-order chi connectivity index (χ0) is 14.8. The van der Waals surface area contributed by atoms with Gasteiger partial charge in [0.25, 0.3) is 5.91 Å². The number of carbonyl (C=O) groups excluding carboxylic acids is 1. The Balaban J connectivity index is 1.84. The fraction of sp³-hybridized carbons (Fsp3) is 0.188. The highest BCUT2D eigenvalue weighted by molar-refractivity contribution is 6.30. The Morgan fingerprint density at radius 1 is 1.19 bits per heavy atom. The fourth-order valence-corrected chi connectivity index (χ4v) is 2.49. The summed E-state index contributed by atoms with van der Waals surface area (Å²) in [4.78, 5) is 13.8. The van der Waals surface area contributed by atoms with Gasteiger partial charge in [-0.2, -0.15) is 0 Å². The van der Waals surface area contributed by atoms with E-state index in [0.717, 1.165) is 11.1 Å². The average molecular weight is 306 g/mol. The minimum atomic E-state index is -0.290. The molecule has 2 aromatic rings. The second kappa shape index (κ2) is 5.74. The molecule has 1 aliphatic rings. The molecule has 108 valence electrons. The first kappa shape index (κ1) is 13.9. The molecule has 0 aliphatic carbocycles. The molecule has 3 rings (SSSR count). The van der Waals surface area contributed by atoms with Gasteiger partial charge in [0.15, 0.2) is 6.61 Å². The number of rotatable bonds is 2. The SMILES string of the molecule is O=C1COc2ccc(Cl)cc2CN1Cc1ccc(F)cc1. The van der Waals surface area contributed by atoms with E-state index in [1.807, 2.05) is 0 Å². The number of halogens is 2. The number of benzene rings is 2. The fourth-order valence-electron chi connectivity index (χ4n) is 2.29. The summed E-state index contributed by atoms with van der Waals surface area (Å²) >= 11 is 5.99. The van der Waals surface area contributed by atoms with E-state index >= 15 is 0 Å². The lowest BCUT2D eigenvalue weighted by atomic mass is 10.1. The molecule has 0 aromatic heterocycles. The van der Waals surface area contributed by atoms with Crippen LogP contribution >= 0.6 is 11.6 Å². The Bertz CT molecular complexity index is 672. The van der Waals surface area contributed by atoms with Crippen LogP contribution in [0.2, 0.25) is 5.02 Å². The first-order chi connectivity index (χ1) is 10.1. The summed E-state index contributed by atoms with van der Waals surface area (Å²) in [6.07, 6.45) is 0. The lowest BCUT2D eigenvalue weighted by Gasteiger charge is -2.20. The first-order valence-electron chi connectivity index (χ1n) is 6.55. The summed E-state index contributed by atoms with van der Waals surface area (Å²) in [5, 5.41) is 0.605. The molecule has 0 spiro atoms. The van der Waals surface area contributed by atoms with Gasteiger partial charge in [0.2, 0.25) is 0 Å². The molecule has 0 fully saturated rings. The molecule has 1 aliphatic heterocycles.